The summed E-state index contributed by atoms with van der Waals surface area (Å²) in [5.74, 6) is -0.0399. The molecule has 7 nitrogen and oxygen atoms in total. The van der Waals surface area contributed by atoms with Crippen LogP contribution in [0.15, 0.2) is 53.4 Å². The predicted molar refractivity (Wildman–Crippen MR) is 111 cm³/mol. The van der Waals surface area contributed by atoms with Gasteiger partial charge in [-0.15, -0.1) is 0 Å². The van der Waals surface area contributed by atoms with Crippen LogP contribution in [0.3, 0.4) is 0 Å². The second-order valence-electron chi connectivity index (χ2n) is 6.97. The van der Waals surface area contributed by atoms with Crippen LogP contribution in [-0.2, 0) is 14.8 Å². The van der Waals surface area contributed by atoms with E-state index in [0.717, 1.165) is 25.7 Å². The molecule has 3 rings (SSSR count). The maximum Gasteiger partial charge on any atom is 0.338 e. The average molecular weight is 429 g/mol. The molecule has 0 aromatic heterocycles. The van der Waals surface area contributed by atoms with Crippen molar-refractivity contribution in [1.29, 1.82) is 5.26 Å². The molecule has 0 bridgehead atoms. The van der Waals surface area contributed by atoms with E-state index in [-0.39, 0.29) is 23.7 Å². The number of ether oxygens (including phenoxy) is 2. The Labute approximate surface area is 176 Å². The molecular weight excluding hydrogens is 404 g/mol. The third kappa shape index (κ3) is 5.59. The molecule has 0 atom stereocenters. The number of nitriles is 1. The molecule has 0 aliphatic carbocycles. The molecule has 1 heterocycles. The molecule has 8 heteroatoms. The number of benzene rings is 2. The summed E-state index contributed by atoms with van der Waals surface area (Å²) in [6.45, 7) is 1.17. The summed E-state index contributed by atoms with van der Waals surface area (Å²) in [7, 11) is -3.63. The van der Waals surface area contributed by atoms with Gasteiger partial charge in [-0.05, 0) is 55.3 Å². The van der Waals surface area contributed by atoms with Crippen molar-refractivity contribution in [3.05, 3.63) is 59.7 Å². The number of esters is 1. The lowest BCUT2D eigenvalue weighted by molar-refractivity contribution is 0.0450. The molecule has 0 radical (unpaired) electrons. The van der Waals surface area contributed by atoms with Crippen LogP contribution in [-0.4, -0.2) is 45.0 Å². The Morgan fingerprint density at radius 1 is 1.00 bits per heavy atom. The molecule has 1 fully saturated rings. The Hall–Kier alpha value is -2.89. The highest BCUT2D eigenvalue weighted by Crippen LogP contribution is 2.21. The molecule has 2 aromatic carbocycles. The van der Waals surface area contributed by atoms with Gasteiger partial charge in [0.2, 0.25) is 10.0 Å². The van der Waals surface area contributed by atoms with E-state index in [1.165, 1.54) is 22.5 Å². The molecule has 1 aliphatic heterocycles. The van der Waals surface area contributed by atoms with Gasteiger partial charge >= 0.3 is 5.97 Å². The van der Waals surface area contributed by atoms with E-state index in [1.54, 1.807) is 30.3 Å². The smallest absolute Gasteiger partial charge is 0.338 e. The zero-order valence-electron chi connectivity index (χ0n) is 16.6. The van der Waals surface area contributed by atoms with Gasteiger partial charge in [0.15, 0.2) is 0 Å². The zero-order valence-corrected chi connectivity index (χ0v) is 17.4. The van der Waals surface area contributed by atoms with Gasteiger partial charge in [-0.3, -0.25) is 0 Å². The van der Waals surface area contributed by atoms with Gasteiger partial charge in [-0.25, -0.2) is 13.2 Å². The Morgan fingerprint density at radius 2 is 1.70 bits per heavy atom. The Kier molecular flexibility index (Phi) is 7.44. The van der Waals surface area contributed by atoms with E-state index in [2.05, 4.69) is 0 Å². The minimum Gasteiger partial charge on any atom is -0.490 e. The van der Waals surface area contributed by atoms with E-state index in [1.807, 2.05) is 6.07 Å². The highest BCUT2D eigenvalue weighted by molar-refractivity contribution is 7.89. The van der Waals surface area contributed by atoms with Crippen LogP contribution in [0.5, 0.6) is 5.75 Å². The van der Waals surface area contributed by atoms with E-state index in [0.29, 0.717) is 24.4 Å². The summed E-state index contributed by atoms with van der Waals surface area (Å²) in [5.41, 5.74) is 0.716. The molecule has 1 aliphatic rings. The number of carbonyl (C=O) groups excluding carboxylic acids is 1. The third-order valence-corrected chi connectivity index (χ3v) is 6.74. The Balaban J connectivity index is 1.56. The molecule has 30 heavy (non-hydrogen) atoms. The third-order valence-electron chi connectivity index (χ3n) is 4.84. The van der Waals surface area contributed by atoms with E-state index in [9.17, 15) is 13.2 Å². The van der Waals surface area contributed by atoms with E-state index >= 15 is 0 Å². The summed E-state index contributed by atoms with van der Waals surface area (Å²) in [6, 6.07) is 14.6. The van der Waals surface area contributed by atoms with Crippen molar-refractivity contribution < 1.29 is 22.7 Å². The average Bonchev–Trinajstić information content (AvgIpc) is 3.07. The fourth-order valence-corrected chi connectivity index (χ4v) is 4.78. The number of hydrogen-bond acceptors (Lipinski definition) is 6. The van der Waals surface area contributed by atoms with Crippen LogP contribution in [0.4, 0.5) is 0 Å². The highest BCUT2D eigenvalue weighted by Gasteiger charge is 2.26. The molecule has 0 N–H and O–H groups in total. The summed E-state index contributed by atoms with van der Waals surface area (Å²) in [4.78, 5) is 12.4. The summed E-state index contributed by atoms with van der Waals surface area (Å²) in [5, 5.41) is 8.78. The summed E-state index contributed by atoms with van der Waals surface area (Å²) >= 11 is 0. The van der Waals surface area contributed by atoms with Gasteiger partial charge < -0.3 is 9.47 Å². The monoisotopic (exact) mass is 428 g/mol. The molecule has 0 unspecified atom stereocenters. The summed E-state index contributed by atoms with van der Waals surface area (Å²) < 4.78 is 38.0. The lowest BCUT2D eigenvalue weighted by Crippen LogP contribution is -2.32. The zero-order chi connectivity index (χ0) is 21.4. The normalized spacial score (nSPS) is 15.0. The van der Waals surface area contributed by atoms with Crippen LogP contribution in [0, 0.1) is 11.3 Å². The predicted octanol–water partition coefficient (Wildman–Crippen LogP) is 3.36. The highest BCUT2D eigenvalue weighted by atomic mass is 32.2. The lowest BCUT2D eigenvalue weighted by atomic mass is 10.2. The first-order valence-corrected chi connectivity index (χ1v) is 11.3. The van der Waals surface area contributed by atoms with Gasteiger partial charge in [0.05, 0.1) is 22.1 Å². The fraction of sp³-hybridized carbons (Fsp3) is 0.364. The van der Waals surface area contributed by atoms with Crippen molar-refractivity contribution in [2.24, 2.45) is 0 Å². The van der Waals surface area contributed by atoms with Crippen molar-refractivity contribution in [2.75, 3.05) is 26.3 Å². The largest absolute Gasteiger partial charge is 0.490 e. The molecule has 1 saturated heterocycles. The van der Waals surface area contributed by atoms with Gasteiger partial charge in [-0.2, -0.15) is 9.57 Å². The van der Waals surface area contributed by atoms with Crippen molar-refractivity contribution >= 4 is 16.0 Å². The number of carbonyl (C=O) groups is 1. The van der Waals surface area contributed by atoms with Crippen LogP contribution < -0.4 is 4.74 Å². The minimum absolute atomic E-state index is 0.0158. The van der Waals surface area contributed by atoms with Crippen molar-refractivity contribution in [3.63, 3.8) is 0 Å². The summed E-state index contributed by atoms with van der Waals surface area (Å²) in [6.07, 6.45) is 3.76. The molecule has 0 amide bonds. The van der Waals surface area contributed by atoms with Crippen molar-refractivity contribution in [3.8, 4) is 11.8 Å². The van der Waals surface area contributed by atoms with Crippen LogP contribution in [0.2, 0.25) is 0 Å². The van der Waals surface area contributed by atoms with Crippen molar-refractivity contribution in [1.82, 2.24) is 4.31 Å². The maximum absolute atomic E-state index is 12.9. The van der Waals surface area contributed by atoms with Crippen LogP contribution in [0.1, 0.15) is 41.6 Å². The standard InChI is InChI=1S/C22H24N2O5S/c23-17-18-8-10-20(11-9-18)28-14-15-29-22(25)19-6-5-7-21(16-19)30(26,27)24-12-3-1-2-4-13-24/h5-11,16H,1-4,12-15H2. The van der Waals surface area contributed by atoms with Crippen molar-refractivity contribution in [2.45, 2.75) is 30.6 Å². The van der Waals surface area contributed by atoms with Gasteiger partial charge in [0.25, 0.3) is 0 Å². The van der Waals surface area contributed by atoms with Gasteiger partial charge in [0, 0.05) is 13.1 Å². The number of sulfonamides is 1. The van der Waals surface area contributed by atoms with E-state index in [4.69, 9.17) is 14.7 Å². The minimum atomic E-state index is -3.63. The topological polar surface area (TPSA) is 96.7 Å². The molecule has 0 spiro atoms. The Morgan fingerprint density at radius 3 is 2.37 bits per heavy atom. The van der Waals surface area contributed by atoms with Crippen LogP contribution in [0.25, 0.3) is 0 Å². The lowest BCUT2D eigenvalue weighted by Gasteiger charge is -2.20. The SMILES string of the molecule is N#Cc1ccc(OCCOC(=O)c2cccc(S(=O)(=O)N3CCCCCC3)c2)cc1. The van der Waals surface area contributed by atoms with E-state index < -0.39 is 16.0 Å². The second kappa shape index (κ2) is 10.2. The number of hydrogen-bond donors (Lipinski definition) is 0. The molecular formula is C22H24N2O5S. The second-order valence-corrected chi connectivity index (χ2v) is 8.90. The first-order valence-electron chi connectivity index (χ1n) is 9.91. The molecule has 0 saturated carbocycles. The maximum atomic E-state index is 12.9. The quantitative estimate of drug-likeness (QED) is 0.496. The molecule has 158 valence electrons. The van der Waals surface area contributed by atoms with Gasteiger partial charge in [0.1, 0.15) is 19.0 Å². The van der Waals surface area contributed by atoms with Gasteiger partial charge in [-0.1, -0.05) is 18.9 Å². The molecule has 2 aromatic rings. The first kappa shape index (κ1) is 21.8. The Bertz CT molecular complexity index is 1000. The first-order chi connectivity index (χ1) is 14.5. The van der Waals surface area contributed by atoms with Crippen LogP contribution >= 0.6 is 0 Å². The number of nitrogens with zero attached hydrogens (tertiary/aromatic N) is 2. The number of rotatable bonds is 7. The fourth-order valence-electron chi connectivity index (χ4n) is 3.22.